The van der Waals surface area contributed by atoms with Crippen LogP contribution in [0.15, 0.2) is 24.3 Å². The molecule has 5 unspecified atom stereocenters. The molecule has 0 bridgehead atoms. The van der Waals surface area contributed by atoms with Gasteiger partial charge in [-0.2, -0.15) is 0 Å². The number of amides is 3. The molecule has 0 radical (unpaired) electrons. The minimum Gasteiger partial charge on any atom is -0.508 e. The van der Waals surface area contributed by atoms with Crippen LogP contribution in [0.1, 0.15) is 53.5 Å². The predicted octanol–water partition coefficient (Wildman–Crippen LogP) is 1.16. The summed E-state index contributed by atoms with van der Waals surface area (Å²) < 4.78 is 0. The molecule has 10 nitrogen and oxygen atoms in total. The fourth-order valence-corrected chi connectivity index (χ4v) is 3.36. The molecule has 0 saturated heterocycles. The van der Waals surface area contributed by atoms with Gasteiger partial charge in [-0.1, -0.05) is 60.1 Å². The lowest BCUT2D eigenvalue weighted by molar-refractivity contribution is -0.143. The summed E-state index contributed by atoms with van der Waals surface area (Å²) in [6.45, 7) is 10.6. The lowest BCUT2D eigenvalue weighted by atomic mass is 9.97. The van der Waals surface area contributed by atoms with E-state index < -0.39 is 47.9 Å². The van der Waals surface area contributed by atoms with Crippen molar-refractivity contribution in [1.29, 1.82) is 0 Å². The number of carboxylic acids is 1. The second kappa shape index (κ2) is 13.7. The van der Waals surface area contributed by atoms with Gasteiger partial charge in [0.25, 0.3) is 0 Å². The van der Waals surface area contributed by atoms with E-state index in [1.807, 2.05) is 6.92 Å². The zero-order valence-electron chi connectivity index (χ0n) is 21.4. The fourth-order valence-electron chi connectivity index (χ4n) is 3.36. The minimum absolute atomic E-state index is 0.0468. The molecule has 0 spiro atoms. The number of carbonyl (C=O) groups is 4. The Kier molecular flexibility index (Phi) is 11.7. The Morgan fingerprint density at radius 3 is 1.83 bits per heavy atom. The third kappa shape index (κ3) is 9.20. The molecule has 196 valence electrons. The highest BCUT2D eigenvalue weighted by molar-refractivity contribution is 5.94. The van der Waals surface area contributed by atoms with Gasteiger partial charge in [-0.15, -0.1) is 0 Å². The quantitative estimate of drug-likeness (QED) is 0.240. The molecule has 7 N–H and O–H groups in total. The minimum atomic E-state index is -1.17. The van der Waals surface area contributed by atoms with E-state index >= 15 is 0 Å². The standard InChI is InChI=1S/C25H40N4O6/c1-7-15(6)21(25(34)35)29-22(31)18(12-16-8-10-17(30)11-9-16)27-24(33)20(14(4)5)28-23(32)19(26)13(2)3/h8-11,13-15,18-21,30H,7,12,26H2,1-6H3,(H,27,33)(H,28,32)(H,29,31)(H,34,35). The number of phenolic OH excluding ortho intramolecular Hbond substituents is 1. The maximum absolute atomic E-state index is 13.2. The second-order valence-corrected chi connectivity index (χ2v) is 9.64. The van der Waals surface area contributed by atoms with Crippen molar-refractivity contribution in [3.8, 4) is 5.75 Å². The summed E-state index contributed by atoms with van der Waals surface area (Å²) in [5.74, 6) is -3.61. The van der Waals surface area contributed by atoms with Crippen LogP contribution in [-0.4, -0.2) is 58.1 Å². The van der Waals surface area contributed by atoms with Crippen molar-refractivity contribution < 1.29 is 29.4 Å². The Labute approximate surface area is 207 Å². The molecule has 0 saturated carbocycles. The summed E-state index contributed by atoms with van der Waals surface area (Å²) in [7, 11) is 0. The first-order valence-electron chi connectivity index (χ1n) is 12.0. The van der Waals surface area contributed by atoms with Crippen LogP contribution in [0.2, 0.25) is 0 Å². The van der Waals surface area contributed by atoms with E-state index in [4.69, 9.17) is 5.73 Å². The molecule has 5 atom stereocenters. The van der Waals surface area contributed by atoms with Gasteiger partial charge in [0.1, 0.15) is 23.9 Å². The zero-order chi connectivity index (χ0) is 26.9. The van der Waals surface area contributed by atoms with Gasteiger partial charge in [-0.05, 0) is 35.4 Å². The van der Waals surface area contributed by atoms with E-state index in [0.717, 1.165) is 0 Å². The zero-order valence-corrected chi connectivity index (χ0v) is 21.4. The molecule has 0 heterocycles. The number of phenols is 1. The van der Waals surface area contributed by atoms with E-state index in [9.17, 15) is 29.4 Å². The van der Waals surface area contributed by atoms with Gasteiger partial charge in [-0.3, -0.25) is 14.4 Å². The van der Waals surface area contributed by atoms with E-state index in [0.29, 0.717) is 12.0 Å². The Morgan fingerprint density at radius 2 is 1.37 bits per heavy atom. The Bertz CT molecular complexity index is 871. The molecule has 0 aromatic heterocycles. The molecule has 0 aliphatic carbocycles. The number of nitrogens with one attached hydrogen (secondary N) is 3. The second-order valence-electron chi connectivity index (χ2n) is 9.64. The third-order valence-corrected chi connectivity index (χ3v) is 6.05. The van der Waals surface area contributed by atoms with Crippen LogP contribution >= 0.6 is 0 Å². The molecule has 0 fully saturated rings. The number of benzene rings is 1. The molecular formula is C25H40N4O6. The van der Waals surface area contributed by atoms with Crippen molar-refractivity contribution in [3.63, 3.8) is 0 Å². The van der Waals surface area contributed by atoms with Gasteiger partial charge < -0.3 is 31.9 Å². The summed E-state index contributed by atoms with van der Waals surface area (Å²) >= 11 is 0. The highest BCUT2D eigenvalue weighted by Crippen LogP contribution is 2.14. The van der Waals surface area contributed by atoms with Crippen molar-refractivity contribution in [3.05, 3.63) is 29.8 Å². The number of carbonyl (C=O) groups excluding carboxylic acids is 3. The van der Waals surface area contributed by atoms with Crippen LogP contribution < -0.4 is 21.7 Å². The monoisotopic (exact) mass is 492 g/mol. The number of hydrogen-bond donors (Lipinski definition) is 6. The molecule has 0 aliphatic heterocycles. The normalized spacial score (nSPS) is 15.6. The Balaban J connectivity index is 3.17. The molecule has 10 heteroatoms. The summed E-state index contributed by atoms with van der Waals surface area (Å²) in [4.78, 5) is 50.5. The summed E-state index contributed by atoms with van der Waals surface area (Å²) in [5, 5.41) is 27.0. The number of nitrogens with two attached hydrogens (primary N) is 1. The highest BCUT2D eigenvalue weighted by atomic mass is 16.4. The van der Waals surface area contributed by atoms with Crippen LogP contribution in [-0.2, 0) is 25.6 Å². The first-order valence-corrected chi connectivity index (χ1v) is 12.0. The number of rotatable bonds is 13. The number of aromatic hydroxyl groups is 1. The molecular weight excluding hydrogens is 452 g/mol. The molecule has 0 aliphatic rings. The molecule has 1 rings (SSSR count). The van der Waals surface area contributed by atoms with Gasteiger partial charge in [0.05, 0.1) is 6.04 Å². The SMILES string of the molecule is CCC(C)C(NC(=O)C(Cc1ccc(O)cc1)NC(=O)C(NC(=O)C(N)C(C)C)C(C)C)C(=O)O. The molecule has 3 amide bonds. The van der Waals surface area contributed by atoms with Gasteiger partial charge in [-0.25, -0.2) is 4.79 Å². The summed E-state index contributed by atoms with van der Waals surface area (Å²) in [6.07, 6.45) is 0.582. The fraction of sp³-hybridized carbons (Fsp3) is 0.600. The van der Waals surface area contributed by atoms with E-state index in [1.54, 1.807) is 46.8 Å². The van der Waals surface area contributed by atoms with Crippen LogP contribution in [0.4, 0.5) is 0 Å². The Morgan fingerprint density at radius 1 is 0.829 bits per heavy atom. The van der Waals surface area contributed by atoms with Crippen molar-refractivity contribution in [2.45, 2.75) is 78.6 Å². The van der Waals surface area contributed by atoms with E-state index in [1.165, 1.54) is 12.1 Å². The number of carboxylic acid groups (broad SMARTS) is 1. The average molecular weight is 493 g/mol. The number of hydrogen-bond acceptors (Lipinski definition) is 6. The number of aliphatic carboxylic acids is 1. The maximum Gasteiger partial charge on any atom is 0.326 e. The average Bonchev–Trinajstić information content (AvgIpc) is 2.79. The van der Waals surface area contributed by atoms with Gasteiger partial charge in [0.15, 0.2) is 0 Å². The van der Waals surface area contributed by atoms with Crippen molar-refractivity contribution in [2.24, 2.45) is 23.5 Å². The first-order chi connectivity index (χ1) is 16.3. The predicted molar refractivity (Wildman–Crippen MR) is 132 cm³/mol. The van der Waals surface area contributed by atoms with E-state index in [-0.39, 0.29) is 29.9 Å². The Hall–Kier alpha value is -3.14. The first kappa shape index (κ1) is 29.9. The van der Waals surface area contributed by atoms with Crippen molar-refractivity contribution in [2.75, 3.05) is 0 Å². The van der Waals surface area contributed by atoms with Gasteiger partial charge >= 0.3 is 5.97 Å². The highest BCUT2D eigenvalue weighted by Gasteiger charge is 2.33. The maximum atomic E-state index is 13.2. The van der Waals surface area contributed by atoms with Crippen LogP contribution in [0.3, 0.4) is 0 Å². The van der Waals surface area contributed by atoms with Crippen LogP contribution in [0, 0.1) is 17.8 Å². The molecule has 1 aromatic carbocycles. The van der Waals surface area contributed by atoms with Crippen molar-refractivity contribution >= 4 is 23.7 Å². The molecule has 35 heavy (non-hydrogen) atoms. The topological polar surface area (TPSA) is 171 Å². The summed E-state index contributed by atoms with van der Waals surface area (Å²) in [6, 6.07) is 2.12. The van der Waals surface area contributed by atoms with Gasteiger partial charge in [0, 0.05) is 6.42 Å². The lowest BCUT2D eigenvalue weighted by Crippen LogP contribution is -2.59. The van der Waals surface area contributed by atoms with E-state index in [2.05, 4.69) is 16.0 Å². The largest absolute Gasteiger partial charge is 0.508 e. The van der Waals surface area contributed by atoms with Crippen LogP contribution in [0.25, 0.3) is 0 Å². The summed E-state index contributed by atoms with van der Waals surface area (Å²) in [5.41, 5.74) is 6.56. The lowest BCUT2D eigenvalue weighted by Gasteiger charge is -2.28. The van der Waals surface area contributed by atoms with Crippen LogP contribution in [0.5, 0.6) is 5.75 Å². The van der Waals surface area contributed by atoms with Crippen molar-refractivity contribution in [1.82, 2.24) is 16.0 Å². The smallest absolute Gasteiger partial charge is 0.326 e. The molecule has 1 aromatic rings. The third-order valence-electron chi connectivity index (χ3n) is 6.05. The van der Waals surface area contributed by atoms with Gasteiger partial charge in [0.2, 0.25) is 17.7 Å².